The molecule has 0 aromatic carbocycles. The zero-order valence-corrected chi connectivity index (χ0v) is 16.6. The molecule has 0 fully saturated rings. The molecule has 9 heteroatoms. The van der Waals surface area contributed by atoms with Crippen LogP contribution in [0.4, 0.5) is 0 Å². The van der Waals surface area contributed by atoms with E-state index < -0.39 is 0 Å². The van der Waals surface area contributed by atoms with Gasteiger partial charge in [-0.25, -0.2) is 19.9 Å². The van der Waals surface area contributed by atoms with Crippen molar-refractivity contribution in [1.82, 2.24) is 29.5 Å². The summed E-state index contributed by atoms with van der Waals surface area (Å²) in [5, 5.41) is 2.65. The predicted octanol–water partition coefficient (Wildman–Crippen LogP) is 4.02. The lowest BCUT2D eigenvalue weighted by Gasteiger charge is -2.12. The summed E-state index contributed by atoms with van der Waals surface area (Å²) in [6, 6.07) is 1.87. The fraction of sp³-hybridized carbons (Fsp3) is 0.105. The quantitative estimate of drug-likeness (QED) is 0.294. The molecular formula is C19H16N6OS2. The van der Waals surface area contributed by atoms with Crippen LogP contribution in [0.3, 0.4) is 0 Å². The monoisotopic (exact) mass is 408 g/mol. The Kier molecular flexibility index (Phi) is 5.18. The molecule has 4 heterocycles. The summed E-state index contributed by atoms with van der Waals surface area (Å²) in [4.78, 5) is 33.5. The number of hydrogen-bond acceptors (Lipinski definition) is 7. The van der Waals surface area contributed by atoms with E-state index in [2.05, 4.69) is 26.5 Å². The van der Waals surface area contributed by atoms with E-state index in [0.717, 1.165) is 16.2 Å². The van der Waals surface area contributed by atoms with Gasteiger partial charge in [0.2, 0.25) is 0 Å². The van der Waals surface area contributed by atoms with Crippen LogP contribution in [0.5, 0.6) is 0 Å². The molecule has 0 aliphatic carbocycles. The third-order valence-electron chi connectivity index (χ3n) is 4.01. The summed E-state index contributed by atoms with van der Waals surface area (Å²) >= 11 is 2.89. The summed E-state index contributed by atoms with van der Waals surface area (Å²) < 4.78 is 2.30. The summed E-state index contributed by atoms with van der Waals surface area (Å²) in [5.74, 6) is 1.13. The molecule has 0 unspecified atom stereocenters. The molecule has 0 bridgehead atoms. The molecule has 4 aromatic rings. The van der Waals surface area contributed by atoms with Crippen molar-refractivity contribution < 1.29 is 0 Å². The van der Waals surface area contributed by atoms with E-state index in [1.54, 1.807) is 17.0 Å². The Bertz CT molecular complexity index is 1280. The van der Waals surface area contributed by atoms with Crippen LogP contribution in [-0.4, -0.2) is 29.5 Å². The smallest absolute Gasteiger partial charge is 0.275 e. The molecule has 7 nitrogen and oxygen atoms in total. The first-order valence-corrected chi connectivity index (χ1v) is 10.3. The van der Waals surface area contributed by atoms with Crippen LogP contribution in [0.2, 0.25) is 0 Å². The second kappa shape index (κ2) is 7.91. The highest BCUT2D eigenvalue weighted by molar-refractivity contribution is 7.98. The first-order valence-electron chi connectivity index (χ1n) is 8.41. The lowest BCUT2D eigenvalue weighted by Crippen LogP contribution is -2.23. The fourth-order valence-electron chi connectivity index (χ4n) is 2.75. The summed E-state index contributed by atoms with van der Waals surface area (Å²) in [6.07, 6.45) is 10.3. The van der Waals surface area contributed by atoms with Gasteiger partial charge in [-0.05, 0) is 24.4 Å². The van der Waals surface area contributed by atoms with E-state index in [1.165, 1.54) is 29.4 Å². The van der Waals surface area contributed by atoms with Gasteiger partial charge >= 0.3 is 0 Å². The van der Waals surface area contributed by atoms with Crippen molar-refractivity contribution >= 4 is 50.2 Å². The zero-order chi connectivity index (χ0) is 19.5. The number of fused-ring (bicyclic) bond motifs is 2. The largest absolute Gasteiger partial charge is 0.341 e. The van der Waals surface area contributed by atoms with Gasteiger partial charge in [0, 0.05) is 5.70 Å². The van der Waals surface area contributed by atoms with Crippen LogP contribution >= 0.6 is 23.1 Å². The van der Waals surface area contributed by atoms with Gasteiger partial charge < -0.3 is 4.98 Å². The molecular weight excluding hydrogens is 392 g/mol. The number of thiophene rings is 1. The first kappa shape index (κ1) is 18.3. The van der Waals surface area contributed by atoms with Crippen molar-refractivity contribution in [1.29, 1.82) is 0 Å². The molecule has 0 aliphatic rings. The van der Waals surface area contributed by atoms with Crippen LogP contribution in [0.15, 0.2) is 64.8 Å². The van der Waals surface area contributed by atoms with Gasteiger partial charge in [0.1, 0.15) is 27.4 Å². The Labute approximate surface area is 168 Å². The number of aromatic nitrogens is 6. The molecule has 4 rings (SSSR count). The fourth-order valence-corrected chi connectivity index (χ4v) is 4.39. The van der Waals surface area contributed by atoms with E-state index in [4.69, 9.17) is 4.98 Å². The number of rotatable bonds is 6. The number of allylic oxidation sites excluding steroid dienone is 5. The van der Waals surface area contributed by atoms with Gasteiger partial charge in [-0.3, -0.25) is 9.36 Å². The highest BCUT2D eigenvalue weighted by atomic mass is 32.2. The Hall–Kier alpha value is -3.04. The van der Waals surface area contributed by atoms with E-state index in [-0.39, 0.29) is 5.56 Å². The van der Waals surface area contributed by atoms with E-state index in [0.29, 0.717) is 27.4 Å². The number of H-pyrrole nitrogens is 1. The Morgan fingerprint density at radius 3 is 3.11 bits per heavy atom. The zero-order valence-electron chi connectivity index (χ0n) is 15.0. The lowest BCUT2D eigenvalue weighted by molar-refractivity contribution is 0.898. The minimum absolute atomic E-state index is 0.0641. The van der Waals surface area contributed by atoms with Crippen molar-refractivity contribution in [2.24, 2.45) is 0 Å². The third kappa shape index (κ3) is 3.41. The normalized spacial score (nSPS) is 12.4. The van der Waals surface area contributed by atoms with Crippen LogP contribution in [-0.2, 0) is 5.75 Å². The molecule has 140 valence electrons. The maximum Gasteiger partial charge on any atom is 0.275 e. The molecule has 0 aliphatic heterocycles. The number of aromatic amines is 1. The number of thioether (sulfide) groups is 1. The molecule has 28 heavy (non-hydrogen) atoms. The van der Waals surface area contributed by atoms with Gasteiger partial charge in [0.25, 0.3) is 5.56 Å². The summed E-state index contributed by atoms with van der Waals surface area (Å²) in [7, 11) is 0. The second-order valence-corrected chi connectivity index (χ2v) is 7.68. The maximum atomic E-state index is 13.1. The minimum Gasteiger partial charge on any atom is -0.341 e. The van der Waals surface area contributed by atoms with Crippen molar-refractivity contribution in [2.45, 2.75) is 17.7 Å². The number of hydrogen-bond donors (Lipinski definition) is 1. The van der Waals surface area contributed by atoms with E-state index >= 15 is 0 Å². The molecule has 0 saturated heterocycles. The molecule has 0 spiro atoms. The van der Waals surface area contributed by atoms with E-state index in [1.807, 2.05) is 36.6 Å². The van der Waals surface area contributed by atoms with Crippen LogP contribution < -0.4 is 5.56 Å². The van der Waals surface area contributed by atoms with Crippen molar-refractivity contribution in [2.75, 3.05) is 0 Å². The van der Waals surface area contributed by atoms with Gasteiger partial charge in [-0.15, -0.1) is 11.3 Å². The predicted molar refractivity (Wildman–Crippen MR) is 114 cm³/mol. The minimum atomic E-state index is -0.0641. The molecule has 1 N–H and O–H groups in total. The van der Waals surface area contributed by atoms with Crippen molar-refractivity contribution in [3.8, 4) is 0 Å². The number of nitrogens with zero attached hydrogens (tertiary/aromatic N) is 5. The average molecular weight is 409 g/mol. The second-order valence-electron chi connectivity index (χ2n) is 5.80. The molecule has 0 radical (unpaired) electrons. The Balaban J connectivity index is 1.77. The lowest BCUT2D eigenvalue weighted by atomic mass is 10.3. The Morgan fingerprint density at radius 2 is 2.25 bits per heavy atom. The summed E-state index contributed by atoms with van der Waals surface area (Å²) in [5.41, 5.74) is 2.83. The van der Waals surface area contributed by atoms with Gasteiger partial charge in [0.15, 0.2) is 5.65 Å². The highest BCUT2D eigenvalue weighted by Gasteiger charge is 2.15. The number of nitrogens with one attached hydrogen (secondary N) is 1. The average Bonchev–Trinajstić information content (AvgIpc) is 3.36. The van der Waals surface area contributed by atoms with Crippen LogP contribution in [0.25, 0.3) is 27.1 Å². The number of imidazole rings is 1. The van der Waals surface area contributed by atoms with Gasteiger partial charge in [0.05, 0.1) is 17.6 Å². The molecule has 0 atom stereocenters. The molecule has 0 amide bonds. The molecule has 0 saturated carbocycles. The van der Waals surface area contributed by atoms with Gasteiger partial charge in [-0.1, -0.05) is 36.6 Å². The first-order chi connectivity index (χ1) is 13.7. The van der Waals surface area contributed by atoms with Crippen molar-refractivity contribution in [3.05, 3.63) is 71.2 Å². The SMILES string of the molecule is C=C/C=C\C=C(/C)n1c(CSc2ncnc3nc[nH]c23)nc2ccsc2c1=O. The Morgan fingerprint density at radius 1 is 1.36 bits per heavy atom. The highest BCUT2D eigenvalue weighted by Crippen LogP contribution is 2.26. The van der Waals surface area contributed by atoms with Crippen LogP contribution in [0, 0.1) is 0 Å². The third-order valence-corrected chi connectivity index (χ3v) is 5.89. The van der Waals surface area contributed by atoms with Crippen LogP contribution in [0.1, 0.15) is 12.7 Å². The van der Waals surface area contributed by atoms with Crippen molar-refractivity contribution in [3.63, 3.8) is 0 Å². The standard InChI is InChI=1S/C19H16N6OS2/c1-3-4-5-6-12(2)25-14(24-13-7-8-27-16(13)19(25)26)9-28-18-15-17(21-10-20-15)22-11-23-18/h3-8,10-11H,1,9H2,2H3,(H,20,21,22,23)/b5-4-,12-6+. The van der Waals surface area contributed by atoms with Gasteiger partial charge in [-0.2, -0.15) is 0 Å². The van der Waals surface area contributed by atoms with E-state index in [9.17, 15) is 4.79 Å². The molecule has 4 aromatic heterocycles. The maximum absolute atomic E-state index is 13.1. The topological polar surface area (TPSA) is 89.3 Å². The summed E-state index contributed by atoms with van der Waals surface area (Å²) in [6.45, 7) is 5.55.